The summed E-state index contributed by atoms with van der Waals surface area (Å²) < 4.78 is 1.86. The lowest BCUT2D eigenvalue weighted by molar-refractivity contribution is 0.511. The Bertz CT molecular complexity index is 462. The van der Waals surface area contributed by atoms with Crippen LogP contribution in [0.3, 0.4) is 0 Å². The fraction of sp³-hybridized carbons (Fsp3) is 0.400. The second kappa shape index (κ2) is 6.36. The molecule has 3 heteroatoms. The van der Waals surface area contributed by atoms with Crippen LogP contribution in [0, 0.1) is 0 Å². The Morgan fingerprint density at radius 3 is 2.61 bits per heavy atom. The van der Waals surface area contributed by atoms with Crippen molar-refractivity contribution in [3.05, 3.63) is 53.9 Å². The van der Waals surface area contributed by atoms with Crippen molar-refractivity contribution < 1.29 is 0 Å². The third-order valence-electron chi connectivity index (χ3n) is 3.11. The van der Waals surface area contributed by atoms with Gasteiger partial charge in [-0.1, -0.05) is 37.3 Å². The lowest BCUT2D eigenvalue weighted by Gasteiger charge is -2.17. The van der Waals surface area contributed by atoms with Gasteiger partial charge >= 0.3 is 0 Å². The zero-order valence-corrected chi connectivity index (χ0v) is 11.1. The van der Waals surface area contributed by atoms with E-state index >= 15 is 0 Å². The molecule has 1 unspecified atom stereocenters. The summed E-state index contributed by atoms with van der Waals surface area (Å²) in [5, 5.41) is 7.97. The maximum absolute atomic E-state index is 4.43. The van der Waals surface area contributed by atoms with Crippen LogP contribution in [0.5, 0.6) is 0 Å². The fourth-order valence-corrected chi connectivity index (χ4v) is 2.21. The molecule has 0 spiro atoms. The van der Waals surface area contributed by atoms with Gasteiger partial charge in [-0.3, -0.25) is 4.68 Å². The van der Waals surface area contributed by atoms with Gasteiger partial charge in [-0.15, -0.1) is 0 Å². The molecule has 1 N–H and O–H groups in total. The van der Waals surface area contributed by atoms with Crippen LogP contribution in [0.1, 0.15) is 30.6 Å². The van der Waals surface area contributed by atoms with Crippen molar-refractivity contribution in [3.63, 3.8) is 0 Å². The van der Waals surface area contributed by atoms with Crippen molar-refractivity contribution in [2.45, 2.75) is 25.8 Å². The molecular formula is C15H21N3. The number of aromatic nitrogens is 2. The number of benzene rings is 1. The molecule has 0 saturated carbocycles. The van der Waals surface area contributed by atoms with Crippen LogP contribution in [0.25, 0.3) is 0 Å². The van der Waals surface area contributed by atoms with E-state index in [4.69, 9.17) is 0 Å². The van der Waals surface area contributed by atoms with Gasteiger partial charge in [-0.05, 0) is 31.0 Å². The number of aryl methyl sites for hydroxylation is 2. The molecule has 2 aromatic rings. The smallest absolute Gasteiger partial charge is 0.0625 e. The standard InChI is InChI=1S/C15H21N3/c1-3-16-15(13-7-5-4-6-8-13)10-9-14-11-12-18(2)17-14/h4-8,11-12,15-16H,3,9-10H2,1-2H3. The summed E-state index contributed by atoms with van der Waals surface area (Å²) in [6, 6.07) is 13.1. The molecular weight excluding hydrogens is 222 g/mol. The Balaban J connectivity index is 1.98. The van der Waals surface area contributed by atoms with Crippen molar-refractivity contribution in [2.75, 3.05) is 6.54 Å². The molecule has 0 aliphatic carbocycles. The van der Waals surface area contributed by atoms with Gasteiger partial charge in [0, 0.05) is 19.3 Å². The maximum atomic E-state index is 4.43. The molecule has 1 heterocycles. The number of rotatable bonds is 6. The summed E-state index contributed by atoms with van der Waals surface area (Å²) in [4.78, 5) is 0. The van der Waals surface area contributed by atoms with E-state index in [9.17, 15) is 0 Å². The highest BCUT2D eigenvalue weighted by Crippen LogP contribution is 2.18. The highest BCUT2D eigenvalue weighted by molar-refractivity contribution is 5.19. The van der Waals surface area contributed by atoms with Crippen LogP contribution in [0.4, 0.5) is 0 Å². The Kier molecular flexibility index (Phi) is 4.53. The van der Waals surface area contributed by atoms with Crippen LogP contribution in [0.15, 0.2) is 42.6 Å². The molecule has 0 aliphatic heterocycles. The first-order valence-electron chi connectivity index (χ1n) is 6.56. The fourth-order valence-electron chi connectivity index (χ4n) is 2.21. The second-order valence-corrected chi connectivity index (χ2v) is 4.54. The Labute approximate surface area is 109 Å². The zero-order valence-electron chi connectivity index (χ0n) is 11.1. The normalized spacial score (nSPS) is 12.6. The van der Waals surface area contributed by atoms with E-state index in [1.807, 2.05) is 17.9 Å². The van der Waals surface area contributed by atoms with Crippen LogP contribution in [-0.4, -0.2) is 16.3 Å². The average Bonchev–Trinajstić information content (AvgIpc) is 2.81. The lowest BCUT2D eigenvalue weighted by Crippen LogP contribution is -2.21. The number of nitrogens with one attached hydrogen (secondary N) is 1. The van der Waals surface area contributed by atoms with Crippen LogP contribution in [-0.2, 0) is 13.5 Å². The van der Waals surface area contributed by atoms with E-state index in [1.165, 1.54) is 5.56 Å². The molecule has 1 aromatic carbocycles. The van der Waals surface area contributed by atoms with Gasteiger partial charge in [0.15, 0.2) is 0 Å². The quantitative estimate of drug-likeness (QED) is 0.845. The first kappa shape index (κ1) is 12.8. The SMILES string of the molecule is CCNC(CCc1ccn(C)n1)c1ccccc1. The highest BCUT2D eigenvalue weighted by atomic mass is 15.2. The minimum atomic E-state index is 0.415. The predicted molar refractivity (Wildman–Crippen MR) is 74.4 cm³/mol. The Morgan fingerprint density at radius 1 is 1.22 bits per heavy atom. The average molecular weight is 243 g/mol. The van der Waals surface area contributed by atoms with Gasteiger partial charge in [-0.2, -0.15) is 5.10 Å². The molecule has 1 atom stereocenters. The summed E-state index contributed by atoms with van der Waals surface area (Å²) in [6.07, 6.45) is 4.09. The van der Waals surface area contributed by atoms with E-state index in [0.29, 0.717) is 6.04 Å². The molecule has 0 aliphatic rings. The van der Waals surface area contributed by atoms with Gasteiger partial charge in [-0.25, -0.2) is 0 Å². The van der Waals surface area contributed by atoms with Crippen LogP contribution in [0.2, 0.25) is 0 Å². The van der Waals surface area contributed by atoms with E-state index in [2.05, 4.69) is 53.7 Å². The molecule has 3 nitrogen and oxygen atoms in total. The van der Waals surface area contributed by atoms with E-state index in [1.54, 1.807) is 0 Å². The van der Waals surface area contributed by atoms with E-state index in [0.717, 1.165) is 25.1 Å². The summed E-state index contributed by atoms with van der Waals surface area (Å²) in [5.74, 6) is 0. The number of hydrogen-bond donors (Lipinski definition) is 1. The molecule has 0 fully saturated rings. The summed E-state index contributed by atoms with van der Waals surface area (Å²) in [5.41, 5.74) is 2.52. The van der Waals surface area contributed by atoms with E-state index in [-0.39, 0.29) is 0 Å². The van der Waals surface area contributed by atoms with E-state index < -0.39 is 0 Å². The topological polar surface area (TPSA) is 29.9 Å². The van der Waals surface area contributed by atoms with Crippen LogP contribution < -0.4 is 5.32 Å². The Morgan fingerprint density at radius 2 is 2.00 bits per heavy atom. The number of nitrogens with zero attached hydrogens (tertiary/aromatic N) is 2. The van der Waals surface area contributed by atoms with Crippen molar-refractivity contribution in [3.8, 4) is 0 Å². The summed E-state index contributed by atoms with van der Waals surface area (Å²) in [7, 11) is 1.96. The summed E-state index contributed by atoms with van der Waals surface area (Å²) in [6.45, 7) is 3.14. The molecule has 0 amide bonds. The predicted octanol–water partition coefficient (Wildman–Crippen LogP) is 2.70. The van der Waals surface area contributed by atoms with Crippen molar-refractivity contribution in [1.82, 2.24) is 15.1 Å². The second-order valence-electron chi connectivity index (χ2n) is 4.54. The first-order chi connectivity index (χ1) is 8.79. The first-order valence-corrected chi connectivity index (χ1v) is 6.56. The number of hydrogen-bond acceptors (Lipinski definition) is 2. The van der Waals surface area contributed by atoms with Crippen molar-refractivity contribution >= 4 is 0 Å². The largest absolute Gasteiger partial charge is 0.310 e. The minimum absolute atomic E-state index is 0.415. The molecule has 0 radical (unpaired) electrons. The third kappa shape index (κ3) is 3.44. The van der Waals surface area contributed by atoms with Gasteiger partial charge in [0.2, 0.25) is 0 Å². The van der Waals surface area contributed by atoms with Gasteiger partial charge in [0.1, 0.15) is 0 Å². The minimum Gasteiger partial charge on any atom is -0.310 e. The molecule has 1 aromatic heterocycles. The van der Waals surface area contributed by atoms with Gasteiger partial charge in [0.05, 0.1) is 5.69 Å². The molecule has 2 rings (SSSR count). The van der Waals surface area contributed by atoms with Gasteiger partial charge < -0.3 is 5.32 Å². The summed E-state index contributed by atoms with van der Waals surface area (Å²) >= 11 is 0. The monoisotopic (exact) mass is 243 g/mol. The maximum Gasteiger partial charge on any atom is 0.0625 e. The Hall–Kier alpha value is -1.61. The molecule has 96 valence electrons. The lowest BCUT2D eigenvalue weighted by atomic mass is 10.0. The highest BCUT2D eigenvalue weighted by Gasteiger charge is 2.10. The molecule has 0 bridgehead atoms. The van der Waals surface area contributed by atoms with Crippen molar-refractivity contribution in [1.29, 1.82) is 0 Å². The molecule has 18 heavy (non-hydrogen) atoms. The van der Waals surface area contributed by atoms with Crippen molar-refractivity contribution in [2.24, 2.45) is 7.05 Å². The zero-order chi connectivity index (χ0) is 12.8. The molecule has 0 saturated heterocycles. The van der Waals surface area contributed by atoms with Crippen LogP contribution >= 0.6 is 0 Å². The third-order valence-corrected chi connectivity index (χ3v) is 3.11. The van der Waals surface area contributed by atoms with Gasteiger partial charge in [0.25, 0.3) is 0 Å².